The fraction of sp³-hybridized carbons (Fsp3) is 0.429. The fourth-order valence-electron chi connectivity index (χ4n) is 1.89. The maximum atomic E-state index is 11.8. The first-order valence-corrected chi connectivity index (χ1v) is 6.63. The van der Waals surface area contributed by atoms with E-state index < -0.39 is 0 Å². The van der Waals surface area contributed by atoms with E-state index in [0.29, 0.717) is 31.0 Å². The monoisotopic (exact) mass is 274 g/mol. The molecule has 2 aromatic heterocycles. The van der Waals surface area contributed by atoms with Gasteiger partial charge >= 0.3 is 0 Å². The zero-order valence-corrected chi connectivity index (χ0v) is 11.7. The number of hydrogen-bond donors (Lipinski definition) is 1. The second-order valence-electron chi connectivity index (χ2n) is 4.66. The van der Waals surface area contributed by atoms with E-state index in [2.05, 4.69) is 20.4 Å². The normalized spacial score (nSPS) is 12.1. The molecule has 0 aromatic carbocycles. The van der Waals surface area contributed by atoms with E-state index in [1.165, 1.54) is 0 Å². The molecule has 0 aliphatic rings. The van der Waals surface area contributed by atoms with Gasteiger partial charge in [-0.05, 0) is 38.0 Å². The van der Waals surface area contributed by atoms with E-state index in [4.69, 9.17) is 4.52 Å². The lowest BCUT2D eigenvalue weighted by Crippen LogP contribution is -2.26. The maximum absolute atomic E-state index is 11.8. The number of carbonyl (C=O) groups excluding carboxylic acids is 1. The summed E-state index contributed by atoms with van der Waals surface area (Å²) in [6, 6.07) is 3.77. The van der Waals surface area contributed by atoms with Crippen LogP contribution >= 0.6 is 0 Å². The number of carbonyl (C=O) groups is 1. The SMILES string of the molecule is Cc1noc(CCCC(=O)NC(C)c2ccncc2)n1. The zero-order valence-electron chi connectivity index (χ0n) is 11.7. The molecule has 0 saturated heterocycles. The van der Waals surface area contributed by atoms with Gasteiger partial charge in [-0.2, -0.15) is 4.98 Å². The summed E-state index contributed by atoms with van der Waals surface area (Å²) in [4.78, 5) is 19.9. The molecule has 1 N–H and O–H groups in total. The number of aryl methyl sites for hydroxylation is 2. The smallest absolute Gasteiger partial charge is 0.226 e. The summed E-state index contributed by atoms with van der Waals surface area (Å²) >= 11 is 0. The second kappa shape index (κ2) is 6.79. The standard InChI is InChI=1S/C14H18N4O2/c1-10(12-6-8-15-9-7-12)16-13(19)4-3-5-14-17-11(2)18-20-14/h6-10H,3-5H2,1-2H3,(H,16,19). The van der Waals surface area contributed by atoms with Crippen LogP contribution in [-0.4, -0.2) is 21.0 Å². The number of rotatable bonds is 6. The molecule has 6 nitrogen and oxygen atoms in total. The molecule has 6 heteroatoms. The first-order chi connectivity index (χ1) is 9.65. The lowest BCUT2D eigenvalue weighted by Gasteiger charge is -2.13. The van der Waals surface area contributed by atoms with Crippen LogP contribution in [0, 0.1) is 6.92 Å². The van der Waals surface area contributed by atoms with Crippen molar-refractivity contribution in [1.29, 1.82) is 0 Å². The third kappa shape index (κ3) is 4.15. The molecule has 2 aromatic rings. The van der Waals surface area contributed by atoms with Crippen LogP contribution in [-0.2, 0) is 11.2 Å². The molecule has 0 radical (unpaired) electrons. The molecule has 0 aliphatic carbocycles. The lowest BCUT2D eigenvalue weighted by molar-refractivity contribution is -0.121. The van der Waals surface area contributed by atoms with Crippen LogP contribution in [0.25, 0.3) is 0 Å². The molecule has 1 amide bonds. The predicted molar refractivity (Wildman–Crippen MR) is 72.8 cm³/mol. The van der Waals surface area contributed by atoms with Gasteiger partial charge in [0.2, 0.25) is 11.8 Å². The average Bonchev–Trinajstić information content (AvgIpc) is 2.85. The van der Waals surface area contributed by atoms with Crippen LogP contribution in [0.2, 0.25) is 0 Å². The Morgan fingerprint density at radius 3 is 2.80 bits per heavy atom. The lowest BCUT2D eigenvalue weighted by atomic mass is 10.1. The molecule has 20 heavy (non-hydrogen) atoms. The number of hydrogen-bond acceptors (Lipinski definition) is 5. The van der Waals surface area contributed by atoms with Crippen LogP contribution in [0.5, 0.6) is 0 Å². The zero-order chi connectivity index (χ0) is 14.4. The largest absolute Gasteiger partial charge is 0.350 e. The molecule has 106 valence electrons. The predicted octanol–water partition coefficient (Wildman–Crippen LogP) is 1.97. The highest BCUT2D eigenvalue weighted by molar-refractivity contribution is 5.76. The van der Waals surface area contributed by atoms with Crippen LogP contribution in [0.3, 0.4) is 0 Å². The quantitative estimate of drug-likeness (QED) is 0.871. The van der Waals surface area contributed by atoms with E-state index in [0.717, 1.165) is 5.56 Å². The maximum Gasteiger partial charge on any atom is 0.226 e. The Labute approximate surface area is 117 Å². The Bertz CT molecular complexity index is 553. The molecule has 0 saturated carbocycles. The summed E-state index contributed by atoms with van der Waals surface area (Å²) in [5.41, 5.74) is 1.04. The molecule has 0 fully saturated rings. The minimum atomic E-state index is -0.0175. The Kier molecular flexibility index (Phi) is 4.81. The van der Waals surface area contributed by atoms with E-state index in [9.17, 15) is 4.79 Å². The summed E-state index contributed by atoms with van der Waals surface area (Å²) < 4.78 is 5.00. The minimum Gasteiger partial charge on any atom is -0.350 e. The van der Waals surface area contributed by atoms with Crippen molar-refractivity contribution >= 4 is 5.91 Å². The van der Waals surface area contributed by atoms with Crippen molar-refractivity contribution in [3.63, 3.8) is 0 Å². The van der Waals surface area contributed by atoms with Crippen LogP contribution in [0.15, 0.2) is 29.0 Å². The van der Waals surface area contributed by atoms with Gasteiger partial charge in [-0.25, -0.2) is 0 Å². The fourth-order valence-corrected chi connectivity index (χ4v) is 1.89. The van der Waals surface area contributed by atoms with Gasteiger partial charge in [0.1, 0.15) is 0 Å². The van der Waals surface area contributed by atoms with Crippen molar-refractivity contribution in [2.75, 3.05) is 0 Å². The van der Waals surface area contributed by atoms with Crippen molar-refractivity contribution < 1.29 is 9.32 Å². The first kappa shape index (κ1) is 14.2. The molecular weight excluding hydrogens is 256 g/mol. The molecule has 1 unspecified atom stereocenters. The number of nitrogens with one attached hydrogen (secondary N) is 1. The van der Waals surface area contributed by atoms with Gasteiger partial charge in [-0.15, -0.1) is 0 Å². The summed E-state index contributed by atoms with van der Waals surface area (Å²) in [6.07, 6.45) is 5.19. The van der Waals surface area contributed by atoms with Gasteiger partial charge in [0.25, 0.3) is 0 Å². The highest BCUT2D eigenvalue weighted by atomic mass is 16.5. The molecule has 1 atom stereocenters. The van der Waals surface area contributed by atoms with E-state index in [1.54, 1.807) is 19.3 Å². The third-order valence-electron chi connectivity index (χ3n) is 2.95. The third-order valence-corrected chi connectivity index (χ3v) is 2.95. The summed E-state index contributed by atoms with van der Waals surface area (Å²) in [6.45, 7) is 3.73. The van der Waals surface area contributed by atoms with Gasteiger partial charge in [0, 0.05) is 25.2 Å². The van der Waals surface area contributed by atoms with Crippen molar-refractivity contribution in [3.8, 4) is 0 Å². The van der Waals surface area contributed by atoms with E-state index in [-0.39, 0.29) is 11.9 Å². The number of aromatic nitrogens is 3. The second-order valence-corrected chi connectivity index (χ2v) is 4.66. The van der Waals surface area contributed by atoms with Crippen molar-refractivity contribution in [2.45, 2.75) is 39.2 Å². The van der Waals surface area contributed by atoms with Crippen LogP contribution < -0.4 is 5.32 Å². The van der Waals surface area contributed by atoms with Gasteiger partial charge in [0.05, 0.1) is 6.04 Å². The Hall–Kier alpha value is -2.24. The highest BCUT2D eigenvalue weighted by Gasteiger charge is 2.10. The first-order valence-electron chi connectivity index (χ1n) is 6.63. The molecular formula is C14H18N4O2. The molecule has 2 heterocycles. The van der Waals surface area contributed by atoms with Gasteiger partial charge in [-0.3, -0.25) is 9.78 Å². The van der Waals surface area contributed by atoms with E-state index in [1.807, 2.05) is 19.1 Å². The minimum absolute atomic E-state index is 0.0175. The highest BCUT2D eigenvalue weighted by Crippen LogP contribution is 2.11. The van der Waals surface area contributed by atoms with Gasteiger partial charge in [0.15, 0.2) is 5.82 Å². The van der Waals surface area contributed by atoms with Gasteiger partial charge in [-0.1, -0.05) is 5.16 Å². The number of nitrogens with zero attached hydrogens (tertiary/aromatic N) is 3. The van der Waals surface area contributed by atoms with Crippen LogP contribution in [0.1, 0.15) is 43.1 Å². The summed E-state index contributed by atoms with van der Waals surface area (Å²) in [7, 11) is 0. The average molecular weight is 274 g/mol. The molecule has 0 spiro atoms. The number of pyridine rings is 1. The molecule has 2 rings (SSSR count). The van der Waals surface area contributed by atoms with Crippen LogP contribution in [0.4, 0.5) is 0 Å². The summed E-state index contributed by atoms with van der Waals surface area (Å²) in [5.74, 6) is 1.22. The molecule has 0 aliphatic heterocycles. The van der Waals surface area contributed by atoms with E-state index >= 15 is 0 Å². The number of amides is 1. The van der Waals surface area contributed by atoms with Crippen molar-refractivity contribution in [2.24, 2.45) is 0 Å². The Morgan fingerprint density at radius 2 is 2.15 bits per heavy atom. The molecule has 0 bridgehead atoms. The van der Waals surface area contributed by atoms with Crippen molar-refractivity contribution in [1.82, 2.24) is 20.4 Å². The topological polar surface area (TPSA) is 80.9 Å². The van der Waals surface area contributed by atoms with Crippen molar-refractivity contribution in [3.05, 3.63) is 41.8 Å². The Balaban J connectivity index is 1.73. The summed E-state index contributed by atoms with van der Waals surface area (Å²) in [5, 5.41) is 6.66. The van der Waals surface area contributed by atoms with Gasteiger partial charge < -0.3 is 9.84 Å². The Morgan fingerprint density at radius 1 is 1.40 bits per heavy atom.